The number of hydrogen-bond donors (Lipinski definition) is 0. The molecule has 1 aliphatic rings. The summed E-state index contributed by atoms with van der Waals surface area (Å²) in [5, 5.41) is 0. The van der Waals surface area contributed by atoms with Crippen LogP contribution in [0.2, 0.25) is 0 Å². The van der Waals surface area contributed by atoms with Crippen LogP contribution in [-0.2, 0) is 26.2 Å². The van der Waals surface area contributed by atoms with Crippen molar-refractivity contribution in [2.75, 3.05) is 0 Å². The average Bonchev–Trinajstić information content (AvgIpc) is 1.76. The summed E-state index contributed by atoms with van der Waals surface area (Å²) < 4.78 is 0. The van der Waals surface area contributed by atoms with E-state index in [1.54, 1.807) is 0 Å². The summed E-state index contributed by atoms with van der Waals surface area (Å²) in [6.45, 7) is 0. The molecule has 0 aromatic rings. The van der Waals surface area contributed by atoms with E-state index in [9.17, 15) is 0 Å². The Morgan fingerprint density at radius 1 is 1.00 bits per heavy atom. The van der Waals surface area contributed by atoms with Crippen molar-refractivity contribution in [3.8, 4) is 0 Å². The van der Waals surface area contributed by atoms with Gasteiger partial charge in [-0.2, -0.15) is 6.08 Å². The number of allylic oxidation sites excluding steroid dienone is 4. The van der Waals surface area contributed by atoms with Crippen LogP contribution in [0, 0.1) is 35.8 Å². The van der Waals surface area contributed by atoms with Crippen LogP contribution in [0.4, 0.5) is 0 Å². The van der Waals surface area contributed by atoms with E-state index in [1.165, 1.54) is 0 Å². The van der Waals surface area contributed by atoms with Gasteiger partial charge in [0.05, 0.1) is 0 Å². The summed E-state index contributed by atoms with van der Waals surface area (Å²) in [4.78, 5) is 0. The monoisotopic (exact) mass is 215 g/mol. The van der Waals surface area contributed by atoms with Crippen LogP contribution >= 0.6 is 0 Å². The molecule has 0 unspecified atom stereocenters. The van der Waals surface area contributed by atoms with E-state index in [0.717, 1.165) is 6.42 Å². The van der Waals surface area contributed by atoms with E-state index < -0.39 is 0 Å². The van der Waals surface area contributed by atoms with E-state index in [1.807, 2.05) is 12.2 Å². The smallest absolute Gasteiger partial charge is 0 e. The molecule has 1 rings (SSSR count). The van der Waals surface area contributed by atoms with Gasteiger partial charge in [-0.3, -0.25) is 6.08 Å². The molecule has 0 atom stereocenters. The first-order valence-corrected chi connectivity index (χ1v) is 1.72. The molecule has 62 valence electrons. The Hall–Kier alpha value is 0.363. The van der Waals surface area contributed by atoms with Gasteiger partial charge in [0.15, 0.2) is 0 Å². The van der Waals surface area contributed by atoms with Gasteiger partial charge in [-0.15, -0.1) is 6.42 Å². The van der Waals surface area contributed by atoms with Gasteiger partial charge < -0.3 is 29.7 Å². The molecule has 1 heteroatoms. The maximum Gasteiger partial charge on any atom is 0 e. The maximum atomic E-state index is 2.99. The third kappa shape index (κ3) is 15.8. The van der Waals surface area contributed by atoms with E-state index in [4.69, 9.17) is 0 Å². The molecule has 0 aliphatic heterocycles. The third-order valence-electron chi connectivity index (χ3n) is 0.586. The first kappa shape index (κ1) is 31.6. The number of rotatable bonds is 0. The predicted octanol–water partition coefficient (Wildman–Crippen LogP) is 3.10. The zero-order valence-electron chi connectivity index (χ0n) is 7.44. The van der Waals surface area contributed by atoms with Gasteiger partial charge in [-0.25, -0.2) is 12.2 Å². The van der Waals surface area contributed by atoms with Gasteiger partial charge in [-0.1, -0.05) is 0 Å². The van der Waals surface area contributed by atoms with E-state index in [-0.39, 0.29) is 55.9 Å². The fourth-order valence-electron chi connectivity index (χ4n) is 0.340. The van der Waals surface area contributed by atoms with Crippen LogP contribution < -0.4 is 0 Å². The summed E-state index contributed by atoms with van der Waals surface area (Å²) in [5.74, 6) is 0. The van der Waals surface area contributed by atoms with Crippen molar-refractivity contribution in [1.82, 2.24) is 0 Å². The molecule has 0 amide bonds. The summed E-state index contributed by atoms with van der Waals surface area (Å²) in [5.41, 5.74) is 0. The Morgan fingerprint density at radius 2 is 1.50 bits per heavy atom. The van der Waals surface area contributed by atoms with Crippen molar-refractivity contribution in [3.05, 3.63) is 54.0 Å². The van der Waals surface area contributed by atoms with Crippen molar-refractivity contribution in [2.24, 2.45) is 0 Å². The second-order valence-electron chi connectivity index (χ2n) is 1.00. The Kier molecular flexibility index (Phi) is 71.9. The molecule has 0 fully saturated rings. The molecule has 0 saturated carbocycles. The third-order valence-corrected chi connectivity index (χ3v) is 0.586. The second kappa shape index (κ2) is 22.8. The first-order chi connectivity index (χ1) is 2.50. The minimum atomic E-state index is 0. The zero-order chi connectivity index (χ0) is 3.54. The van der Waals surface area contributed by atoms with Crippen molar-refractivity contribution in [3.63, 3.8) is 0 Å². The second-order valence-corrected chi connectivity index (χ2v) is 1.00. The Labute approximate surface area is 86.5 Å². The molecule has 1 aliphatic carbocycles. The minimum Gasteiger partial charge on any atom is -0.358 e. The van der Waals surface area contributed by atoms with Gasteiger partial charge in [0, 0.05) is 26.2 Å². The molecule has 0 radical (unpaired) electrons. The summed E-state index contributed by atoms with van der Waals surface area (Å²) in [6, 6.07) is 0. The van der Waals surface area contributed by atoms with Gasteiger partial charge >= 0.3 is 0 Å². The van der Waals surface area contributed by atoms with Gasteiger partial charge in [0.1, 0.15) is 0 Å². The Balaban J connectivity index is -0.0000000167. The fraction of sp³-hybridized carbons (Fsp3) is 0.111. The average molecular weight is 216 g/mol. The fourth-order valence-corrected chi connectivity index (χ4v) is 0.340. The van der Waals surface area contributed by atoms with Gasteiger partial charge in [0.25, 0.3) is 0 Å². The van der Waals surface area contributed by atoms with Gasteiger partial charge in [-0.05, 0) is 0 Å². The van der Waals surface area contributed by atoms with Crippen LogP contribution in [0.1, 0.15) is 6.42 Å². The normalized spacial score (nSPS) is 8.80. The van der Waals surface area contributed by atoms with Crippen molar-refractivity contribution >= 4 is 0 Å². The molecule has 0 saturated heterocycles. The molecule has 0 N–H and O–H groups in total. The summed E-state index contributed by atoms with van der Waals surface area (Å²) in [6.07, 6.45) is 10.0. The van der Waals surface area contributed by atoms with Crippen molar-refractivity contribution < 1.29 is 26.2 Å². The van der Waals surface area contributed by atoms with E-state index in [0.29, 0.717) is 0 Å². The number of hydrogen-bond acceptors (Lipinski definition) is 0. The Morgan fingerprint density at radius 3 is 1.60 bits per heavy atom. The van der Waals surface area contributed by atoms with Crippen LogP contribution in [0.25, 0.3) is 0 Å². The topological polar surface area (TPSA) is 0 Å². The SMILES string of the molecule is [C-]1=CC=CC1.[CH3-].[CH3-].[CH3-].[CH3-].[Zr]. The predicted molar refractivity (Wildman–Crippen MR) is 47.2 cm³/mol. The first-order valence-electron chi connectivity index (χ1n) is 1.72. The minimum absolute atomic E-state index is 0. The van der Waals surface area contributed by atoms with E-state index in [2.05, 4.69) is 12.2 Å². The molecule has 0 heterocycles. The standard InChI is InChI=1S/C5H5.4CH3.Zr/c1-2-4-5-3-1;;;;;/h1-3H,4H2;4*1H3;/q5*-1;. The largest absolute Gasteiger partial charge is 0.358 e. The van der Waals surface area contributed by atoms with Crippen LogP contribution in [0.3, 0.4) is 0 Å². The van der Waals surface area contributed by atoms with Crippen molar-refractivity contribution in [1.29, 1.82) is 0 Å². The zero-order valence-corrected chi connectivity index (χ0v) is 9.90. The van der Waals surface area contributed by atoms with Crippen LogP contribution in [0.5, 0.6) is 0 Å². The van der Waals surface area contributed by atoms with Crippen LogP contribution in [0.15, 0.2) is 18.2 Å². The van der Waals surface area contributed by atoms with Gasteiger partial charge in [0.2, 0.25) is 0 Å². The van der Waals surface area contributed by atoms with E-state index >= 15 is 0 Å². The molecule has 0 spiro atoms. The molecule has 0 aromatic heterocycles. The maximum absolute atomic E-state index is 2.99. The van der Waals surface area contributed by atoms with Crippen molar-refractivity contribution in [2.45, 2.75) is 6.42 Å². The Bertz CT molecular complexity index is 62.8. The quantitative estimate of drug-likeness (QED) is 0.546. The summed E-state index contributed by atoms with van der Waals surface area (Å²) >= 11 is 0. The molecule has 0 nitrogen and oxygen atoms in total. The van der Waals surface area contributed by atoms with Crippen LogP contribution in [-0.4, -0.2) is 0 Å². The molecule has 10 heavy (non-hydrogen) atoms. The molecular formula is C9H17Zr-5. The molecular weight excluding hydrogens is 199 g/mol. The molecule has 0 aromatic carbocycles. The summed E-state index contributed by atoms with van der Waals surface area (Å²) in [7, 11) is 0. The molecule has 0 bridgehead atoms.